The van der Waals surface area contributed by atoms with E-state index in [0.29, 0.717) is 0 Å². The van der Waals surface area contributed by atoms with Gasteiger partial charge in [0.25, 0.3) is 0 Å². The van der Waals surface area contributed by atoms with Crippen LogP contribution in [-0.2, 0) is 4.79 Å². The SMILES string of the molecule is CC(C)c1c(C=CC=O)c(-c2ccc(F)cc2)c(-c2ccccc2)n1C1CCCCCN1. The molecule has 3 nitrogen and oxygen atoms in total. The minimum absolute atomic E-state index is 0.169. The molecule has 4 rings (SSSR count). The monoisotopic (exact) mass is 430 g/mol. The number of nitrogens with zero attached hydrogens (tertiary/aromatic N) is 1. The van der Waals surface area contributed by atoms with Gasteiger partial charge in [-0.2, -0.15) is 0 Å². The van der Waals surface area contributed by atoms with Crippen molar-refractivity contribution in [2.24, 2.45) is 0 Å². The molecule has 0 bridgehead atoms. The van der Waals surface area contributed by atoms with E-state index in [9.17, 15) is 9.18 Å². The standard InChI is InChI=1S/C28H31FN2O/c1-20(2)27-24(12-9-19-32)26(21-14-16-23(29)17-15-21)28(22-10-5-3-6-11-22)31(27)25-13-7-4-8-18-30-25/h3,5-6,9-12,14-17,19-20,25,30H,4,7-8,13,18H2,1-2H3. The summed E-state index contributed by atoms with van der Waals surface area (Å²) in [5.74, 6) is -0.0167. The highest BCUT2D eigenvalue weighted by Crippen LogP contribution is 2.44. The quantitative estimate of drug-likeness (QED) is 0.339. The van der Waals surface area contributed by atoms with Crippen LogP contribution in [0.1, 0.15) is 62.9 Å². The van der Waals surface area contributed by atoms with E-state index in [2.05, 4.69) is 48.0 Å². The highest BCUT2D eigenvalue weighted by molar-refractivity contribution is 5.92. The zero-order chi connectivity index (χ0) is 22.5. The predicted molar refractivity (Wildman–Crippen MR) is 130 cm³/mol. The van der Waals surface area contributed by atoms with E-state index in [1.54, 1.807) is 6.08 Å². The van der Waals surface area contributed by atoms with Gasteiger partial charge in [-0.15, -0.1) is 0 Å². The number of carbonyl (C=O) groups excluding carboxylic acids is 1. The summed E-state index contributed by atoms with van der Waals surface area (Å²) >= 11 is 0. The van der Waals surface area contributed by atoms with E-state index >= 15 is 0 Å². The van der Waals surface area contributed by atoms with E-state index in [0.717, 1.165) is 47.2 Å². The molecule has 1 aliphatic heterocycles. The molecule has 4 heteroatoms. The van der Waals surface area contributed by atoms with Gasteiger partial charge in [-0.3, -0.25) is 10.1 Å². The van der Waals surface area contributed by atoms with E-state index in [1.807, 2.05) is 24.3 Å². The van der Waals surface area contributed by atoms with Gasteiger partial charge in [0.2, 0.25) is 0 Å². The third-order valence-electron chi connectivity index (χ3n) is 6.20. The van der Waals surface area contributed by atoms with Crippen molar-refractivity contribution in [1.29, 1.82) is 0 Å². The molecule has 0 saturated carbocycles. The van der Waals surface area contributed by atoms with Gasteiger partial charge in [0.15, 0.2) is 0 Å². The summed E-state index contributed by atoms with van der Waals surface area (Å²) in [6.07, 6.45) is 9.10. The molecule has 2 aromatic carbocycles. The summed E-state index contributed by atoms with van der Waals surface area (Å²) in [7, 11) is 0. The summed E-state index contributed by atoms with van der Waals surface area (Å²) in [5.41, 5.74) is 6.45. The van der Waals surface area contributed by atoms with Gasteiger partial charge < -0.3 is 4.57 Å². The molecular weight excluding hydrogens is 399 g/mol. The first-order chi connectivity index (χ1) is 15.6. The maximum absolute atomic E-state index is 13.8. The summed E-state index contributed by atoms with van der Waals surface area (Å²) in [5, 5.41) is 3.77. The predicted octanol–water partition coefficient (Wildman–Crippen LogP) is 6.96. The lowest BCUT2D eigenvalue weighted by Gasteiger charge is -2.26. The number of benzene rings is 2. The Morgan fingerprint density at radius 2 is 1.75 bits per heavy atom. The molecule has 1 aliphatic rings. The van der Waals surface area contributed by atoms with Crippen LogP contribution in [-0.4, -0.2) is 17.4 Å². The molecular formula is C28H31FN2O. The lowest BCUT2D eigenvalue weighted by molar-refractivity contribution is -0.104. The molecule has 0 radical (unpaired) electrons. The van der Waals surface area contributed by atoms with E-state index in [4.69, 9.17) is 0 Å². The summed E-state index contributed by atoms with van der Waals surface area (Å²) < 4.78 is 16.3. The van der Waals surface area contributed by atoms with Crippen molar-refractivity contribution >= 4 is 12.4 Å². The molecule has 3 aromatic rings. The van der Waals surface area contributed by atoms with Crippen LogP contribution in [0.15, 0.2) is 60.7 Å². The summed E-state index contributed by atoms with van der Waals surface area (Å²) in [6, 6.07) is 17.1. The Kier molecular flexibility index (Phi) is 7.01. The van der Waals surface area contributed by atoms with E-state index in [-0.39, 0.29) is 17.9 Å². The van der Waals surface area contributed by atoms with Crippen molar-refractivity contribution in [1.82, 2.24) is 9.88 Å². The fourth-order valence-electron chi connectivity index (χ4n) is 4.86. The maximum atomic E-state index is 13.8. The third kappa shape index (κ3) is 4.46. The molecule has 1 N–H and O–H groups in total. The van der Waals surface area contributed by atoms with Gasteiger partial charge in [0.05, 0.1) is 11.9 Å². The van der Waals surface area contributed by atoms with Crippen molar-refractivity contribution in [2.45, 2.75) is 51.6 Å². The van der Waals surface area contributed by atoms with Crippen LogP contribution in [0.5, 0.6) is 0 Å². The smallest absolute Gasteiger partial charge is 0.142 e. The molecule has 166 valence electrons. The number of carbonyl (C=O) groups is 1. The van der Waals surface area contributed by atoms with Crippen LogP contribution < -0.4 is 5.32 Å². The van der Waals surface area contributed by atoms with Crippen molar-refractivity contribution < 1.29 is 9.18 Å². The normalized spacial score (nSPS) is 17.1. The number of halogens is 1. The maximum Gasteiger partial charge on any atom is 0.142 e. The van der Waals surface area contributed by atoms with Crippen molar-refractivity contribution in [3.8, 4) is 22.4 Å². The first kappa shape index (κ1) is 22.2. The first-order valence-electron chi connectivity index (χ1n) is 11.6. The number of hydrogen-bond acceptors (Lipinski definition) is 2. The van der Waals surface area contributed by atoms with Crippen LogP contribution in [0.2, 0.25) is 0 Å². The fourth-order valence-corrected chi connectivity index (χ4v) is 4.86. The molecule has 2 heterocycles. The fraction of sp³-hybridized carbons (Fsp3) is 0.321. The molecule has 0 spiro atoms. The number of aldehydes is 1. The number of hydrogen-bond donors (Lipinski definition) is 1. The molecule has 1 unspecified atom stereocenters. The highest BCUT2D eigenvalue weighted by Gasteiger charge is 2.29. The topological polar surface area (TPSA) is 34.0 Å². The van der Waals surface area contributed by atoms with Gasteiger partial charge in [0, 0.05) is 16.8 Å². The number of nitrogens with one attached hydrogen (secondary N) is 1. The van der Waals surface area contributed by atoms with Crippen LogP contribution in [0.25, 0.3) is 28.5 Å². The van der Waals surface area contributed by atoms with Crippen molar-refractivity contribution in [3.63, 3.8) is 0 Å². The van der Waals surface area contributed by atoms with Crippen LogP contribution in [0, 0.1) is 5.82 Å². The van der Waals surface area contributed by atoms with Gasteiger partial charge in [-0.1, -0.05) is 62.7 Å². The molecule has 1 aromatic heterocycles. The Morgan fingerprint density at radius 1 is 1.00 bits per heavy atom. The van der Waals surface area contributed by atoms with E-state index < -0.39 is 0 Å². The minimum Gasteiger partial charge on any atom is -0.327 e. The van der Waals surface area contributed by atoms with Gasteiger partial charge in [-0.25, -0.2) is 4.39 Å². The number of rotatable bonds is 6. The molecule has 32 heavy (non-hydrogen) atoms. The summed E-state index contributed by atoms with van der Waals surface area (Å²) in [6.45, 7) is 5.38. The molecule has 0 aliphatic carbocycles. The molecule has 0 amide bonds. The second-order valence-corrected chi connectivity index (χ2v) is 8.73. The average molecular weight is 431 g/mol. The Hall–Kier alpha value is -2.98. The third-order valence-corrected chi connectivity index (χ3v) is 6.20. The lowest BCUT2D eigenvalue weighted by atomic mass is 9.94. The second kappa shape index (κ2) is 10.1. The van der Waals surface area contributed by atoms with Crippen molar-refractivity contribution in [3.05, 3.63) is 77.7 Å². The van der Waals surface area contributed by atoms with Gasteiger partial charge in [-0.05, 0) is 67.1 Å². The zero-order valence-electron chi connectivity index (χ0n) is 18.9. The van der Waals surface area contributed by atoms with Gasteiger partial charge in [0.1, 0.15) is 12.1 Å². The Labute approximate surface area is 190 Å². The summed E-state index contributed by atoms with van der Waals surface area (Å²) in [4.78, 5) is 11.3. The Morgan fingerprint density at radius 3 is 2.44 bits per heavy atom. The number of aromatic nitrogens is 1. The van der Waals surface area contributed by atoms with Gasteiger partial charge >= 0.3 is 0 Å². The Balaban J connectivity index is 2.10. The average Bonchev–Trinajstić information content (AvgIpc) is 2.94. The highest BCUT2D eigenvalue weighted by atomic mass is 19.1. The lowest BCUT2D eigenvalue weighted by Crippen LogP contribution is -2.28. The van der Waals surface area contributed by atoms with Crippen molar-refractivity contribution in [2.75, 3.05) is 6.54 Å². The van der Waals surface area contributed by atoms with Crippen LogP contribution in [0.3, 0.4) is 0 Å². The van der Waals surface area contributed by atoms with Crippen LogP contribution >= 0.6 is 0 Å². The zero-order valence-corrected chi connectivity index (χ0v) is 18.9. The van der Waals surface area contributed by atoms with E-state index in [1.165, 1.54) is 37.1 Å². The number of allylic oxidation sites excluding steroid dienone is 1. The Bertz CT molecular complexity index is 1070. The minimum atomic E-state index is -0.256. The largest absolute Gasteiger partial charge is 0.327 e. The second-order valence-electron chi connectivity index (χ2n) is 8.73. The molecule has 1 fully saturated rings. The van der Waals surface area contributed by atoms with Crippen LogP contribution in [0.4, 0.5) is 4.39 Å². The molecule has 1 atom stereocenters. The molecule has 1 saturated heterocycles. The first-order valence-corrected chi connectivity index (χ1v) is 11.6.